The lowest BCUT2D eigenvalue weighted by molar-refractivity contribution is 0.633. The SMILES string of the molecule is CCNC(=NCc1ccc(N2CCCC2)nc1)NC1CC=CC1. The molecule has 0 spiro atoms. The van der Waals surface area contributed by atoms with Gasteiger partial charge in [0.15, 0.2) is 5.96 Å². The highest BCUT2D eigenvalue weighted by atomic mass is 15.2. The van der Waals surface area contributed by atoms with Gasteiger partial charge in [0.2, 0.25) is 0 Å². The number of pyridine rings is 1. The highest BCUT2D eigenvalue weighted by Gasteiger charge is 2.13. The fourth-order valence-electron chi connectivity index (χ4n) is 3.06. The first-order chi connectivity index (χ1) is 11.3. The van der Waals surface area contributed by atoms with Crippen LogP contribution in [0.3, 0.4) is 0 Å². The first-order valence-corrected chi connectivity index (χ1v) is 8.75. The van der Waals surface area contributed by atoms with Crippen molar-refractivity contribution in [3.8, 4) is 0 Å². The summed E-state index contributed by atoms with van der Waals surface area (Å²) >= 11 is 0. The van der Waals surface area contributed by atoms with Crippen LogP contribution in [0.2, 0.25) is 0 Å². The number of aliphatic imine (C=N–C) groups is 1. The molecule has 0 aromatic carbocycles. The molecule has 0 atom stereocenters. The van der Waals surface area contributed by atoms with Crippen LogP contribution in [0, 0.1) is 0 Å². The fraction of sp³-hybridized carbons (Fsp3) is 0.556. The fourth-order valence-corrected chi connectivity index (χ4v) is 3.06. The molecule has 0 radical (unpaired) electrons. The van der Waals surface area contributed by atoms with Crippen LogP contribution in [0.4, 0.5) is 5.82 Å². The second-order valence-electron chi connectivity index (χ2n) is 6.20. The minimum Gasteiger partial charge on any atom is -0.357 e. The zero-order chi connectivity index (χ0) is 15.9. The highest BCUT2D eigenvalue weighted by molar-refractivity contribution is 5.80. The molecule has 5 heteroatoms. The standard InChI is InChI=1S/C18H27N5/c1-2-19-18(22-16-7-3-4-8-16)21-14-15-9-10-17(20-13-15)23-11-5-6-12-23/h3-4,9-10,13,16H,2,5-8,11-12,14H2,1H3,(H2,19,21,22). The summed E-state index contributed by atoms with van der Waals surface area (Å²) in [7, 11) is 0. The van der Waals surface area contributed by atoms with Crippen molar-refractivity contribution < 1.29 is 0 Å². The molecule has 2 N–H and O–H groups in total. The van der Waals surface area contributed by atoms with E-state index in [1.54, 1.807) is 0 Å². The predicted octanol–water partition coefficient (Wildman–Crippen LogP) is 2.46. The Morgan fingerprint density at radius 1 is 1.26 bits per heavy atom. The Balaban J connectivity index is 1.57. The molecule has 2 heterocycles. The smallest absolute Gasteiger partial charge is 0.191 e. The molecular formula is C18H27N5. The Kier molecular flexibility index (Phi) is 5.51. The van der Waals surface area contributed by atoms with Gasteiger partial charge in [0.05, 0.1) is 6.54 Å². The van der Waals surface area contributed by atoms with E-state index in [1.165, 1.54) is 12.8 Å². The second-order valence-corrected chi connectivity index (χ2v) is 6.20. The van der Waals surface area contributed by atoms with Crippen LogP contribution in [0.5, 0.6) is 0 Å². The van der Waals surface area contributed by atoms with Crippen LogP contribution in [0.15, 0.2) is 35.5 Å². The molecule has 1 aliphatic heterocycles. The van der Waals surface area contributed by atoms with Crippen LogP contribution in [-0.2, 0) is 6.54 Å². The van der Waals surface area contributed by atoms with Crippen molar-refractivity contribution >= 4 is 11.8 Å². The van der Waals surface area contributed by atoms with Gasteiger partial charge in [-0.1, -0.05) is 18.2 Å². The summed E-state index contributed by atoms with van der Waals surface area (Å²) < 4.78 is 0. The number of aromatic nitrogens is 1. The van der Waals surface area contributed by atoms with Gasteiger partial charge in [-0.15, -0.1) is 0 Å². The largest absolute Gasteiger partial charge is 0.357 e. The quantitative estimate of drug-likeness (QED) is 0.498. The van der Waals surface area contributed by atoms with Gasteiger partial charge in [-0.3, -0.25) is 0 Å². The van der Waals surface area contributed by atoms with Gasteiger partial charge >= 0.3 is 0 Å². The lowest BCUT2D eigenvalue weighted by Gasteiger charge is -2.17. The first-order valence-electron chi connectivity index (χ1n) is 8.75. The monoisotopic (exact) mass is 313 g/mol. The minimum absolute atomic E-state index is 0.475. The summed E-state index contributed by atoms with van der Waals surface area (Å²) in [5.74, 6) is 1.99. The maximum absolute atomic E-state index is 4.69. The number of guanidine groups is 1. The third kappa shape index (κ3) is 4.47. The van der Waals surface area contributed by atoms with E-state index in [0.717, 1.165) is 49.8 Å². The van der Waals surface area contributed by atoms with E-state index in [9.17, 15) is 0 Å². The van der Waals surface area contributed by atoms with Gasteiger partial charge in [0.25, 0.3) is 0 Å². The molecule has 5 nitrogen and oxygen atoms in total. The van der Waals surface area contributed by atoms with Gasteiger partial charge in [0.1, 0.15) is 5.82 Å². The number of anilines is 1. The van der Waals surface area contributed by atoms with E-state index in [-0.39, 0.29) is 0 Å². The van der Waals surface area contributed by atoms with Crippen LogP contribution >= 0.6 is 0 Å². The van der Waals surface area contributed by atoms with Crippen molar-refractivity contribution in [1.29, 1.82) is 0 Å². The van der Waals surface area contributed by atoms with Gasteiger partial charge in [-0.05, 0) is 44.2 Å². The first kappa shape index (κ1) is 15.8. The van der Waals surface area contributed by atoms with E-state index < -0.39 is 0 Å². The number of nitrogens with one attached hydrogen (secondary N) is 2. The predicted molar refractivity (Wildman–Crippen MR) is 95.8 cm³/mol. The Hall–Kier alpha value is -2.04. The number of rotatable bonds is 5. The number of hydrogen-bond donors (Lipinski definition) is 2. The average Bonchev–Trinajstić information content (AvgIpc) is 3.27. The van der Waals surface area contributed by atoms with Gasteiger partial charge in [0, 0.05) is 31.9 Å². The van der Waals surface area contributed by atoms with E-state index in [0.29, 0.717) is 12.6 Å². The number of nitrogens with zero attached hydrogens (tertiary/aromatic N) is 3. The average molecular weight is 313 g/mol. The molecule has 1 aromatic rings. The summed E-state index contributed by atoms with van der Waals surface area (Å²) in [6, 6.07) is 4.74. The van der Waals surface area contributed by atoms with Gasteiger partial charge in [-0.2, -0.15) is 0 Å². The Morgan fingerprint density at radius 3 is 2.70 bits per heavy atom. The Bertz CT molecular complexity index is 535. The van der Waals surface area contributed by atoms with Crippen molar-refractivity contribution in [3.05, 3.63) is 36.0 Å². The summed E-state index contributed by atoms with van der Waals surface area (Å²) in [6.07, 6.45) is 11.1. The maximum Gasteiger partial charge on any atom is 0.191 e. The van der Waals surface area contributed by atoms with Crippen molar-refractivity contribution in [2.75, 3.05) is 24.5 Å². The molecule has 1 fully saturated rings. The van der Waals surface area contributed by atoms with Crippen LogP contribution < -0.4 is 15.5 Å². The molecule has 23 heavy (non-hydrogen) atoms. The van der Waals surface area contributed by atoms with Crippen molar-refractivity contribution in [3.63, 3.8) is 0 Å². The van der Waals surface area contributed by atoms with Crippen molar-refractivity contribution in [1.82, 2.24) is 15.6 Å². The Morgan fingerprint density at radius 2 is 2.04 bits per heavy atom. The van der Waals surface area contributed by atoms with E-state index in [4.69, 9.17) is 0 Å². The third-order valence-electron chi connectivity index (χ3n) is 4.35. The molecule has 1 aromatic heterocycles. The summed E-state index contributed by atoms with van der Waals surface area (Å²) in [6.45, 7) is 5.89. The molecule has 1 aliphatic carbocycles. The van der Waals surface area contributed by atoms with Crippen LogP contribution in [0.1, 0.15) is 38.2 Å². The van der Waals surface area contributed by atoms with E-state index in [1.807, 2.05) is 6.20 Å². The third-order valence-corrected chi connectivity index (χ3v) is 4.35. The van der Waals surface area contributed by atoms with Gasteiger partial charge in [-0.25, -0.2) is 9.98 Å². The molecule has 3 rings (SSSR count). The van der Waals surface area contributed by atoms with Crippen LogP contribution in [-0.4, -0.2) is 36.6 Å². The maximum atomic E-state index is 4.69. The summed E-state index contributed by atoms with van der Waals surface area (Å²) in [5.41, 5.74) is 1.15. The second kappa shape index (κ2) is 7.99. The molecule has 0 unspecified atom stereocenters. The molecule has 0 amide bonds. The number of hydrogen-bond acceptors (Lipinski definition) is 3. The van der Waals surface area contributed by atoms with Crippen LogP contribution in [0.25, 0.3) is 0 Å². The van der Waals surface area contributed by atoms with E-state index in [2.05, 4.69) is 56.7 Å². The topological polar surface area (TPSA) is 52.6 Å². The normalized spacial score (nSPS) is 18.7. The zero-order valence-electron chi connectivity index (χ0n) is 14.0. The zero-order valence-corrected chi connectivity index (χ0v) is 14.0. The molecule has 0 saturated carbocycles. The Labute approximate surface area is 138 Å². The summed E-state index contributed by atoms with van der Waals surface area (Å²) in [5, 5.41) is 6.81. The molecule has 1 saturated heterocycles. The van der Waals surface area contributed by atoms with Gasteiger partial charge < -0.3 is 15.5 Å². The molecule has 2 aliphatic rings. The van der Waals surface area contributed by atoms with Crippen molar-refractivity contribution in [2.24, 2.45) is 4.99 Å². The van der Waals surface area contributed by atoms with E-state index >= 15 is 0 Å². The molecule has 124 valence electrons. The lowest BCUT2D eigenvalue weighted by atomic mass is 10.2. The minimum atomic E-state index is 0.475. The molecule has 0 bridgehead atoms. The summed E-state index contributed by atoms with van der Waals surface area (Å²) in [4.78, 5) is 11.6. The molecular weight excluding hydrogens is 286 g/mol. The lowest BCUT2D eigenvalue weighted by Crippen LogP contribution is -2.42. The van der Waals surface area contributed by atoms with Crippen molar-refractivity contribution in [2.45, 2.75) is 45.2 Å². The highest BCUT2D eigenvalue weighted by Crippen LogP contribution is 2.17.